The molecule has 0 saturated heterocycles. The van der Waals surface area contributed by atoms with E-state index in [4.69, 9.17) is 4.42 Å². The molecule has 1 nitrogen and oxygen atoms in total. The fourth-order valence-electron chi connectivity index (χ4n) is 1.16. The molecule has 0 N–H and O–H groups in total. The highest BCUT2D eigenvalue weighted by atomic mass is 79.9. The van der Waals surface area contributed by atoms with Gasteiger partial charge >= 0.3 is 0 Å². The van der Waals surface area contributed by atoms with Gasteiger partial charge in [0, 0.05) is 5.39 Å². The molecule has 0 aliphatic carbocycles. The third kappa shape index (κ3) is 3.71. The Labute approximate surface area is 101 Å². The fraction of sp³-hybridized carbons (Fsp3) is 0.385. The second-order valence-electron chi connectivity index (χ2n) is 2.52. The first-order valence-electron chi connectivity index (χ1n) is 5.42. The summed E-state index contributed by atoms with van der Waals surface area (Å²) in [6.07, 6.45) is 0. The summed E-state index contributed by atoms with van der Waals surface area (Å²) < 4.78 is 6.47. The Morgan fingerprint density at radius 1 is 1.07 bits per heavy atom. The van der Waals surface area contributed by atoms with Crippen LogP contribution in [0.25, 0.3) is 11.0 Å². The van der Waals surface area contributed by atoms with Gasteiger partial charge in [-0.3, -0.25) is 0 Å². The largest absolute Gasteiger partial charge is 0.460 e. The number of fused-ring (bicyclic) bond motifs is 1. The first-order valence-corrected chi connectivity index (χ1v) is 6.21. The lowest BCUT2D eigenvalue weighted by atomic mass is 10.2. The zero-order valence-corrected chi connectivity index (χ0v) is 11.7. The molecule has 0 radical (unpaired) electrons. The van der Waals surface area contributed by atoms with E-state index in [1.54, 1.807) is 0 Å². The van der Waals surface area contributed by atoms with E-state index in [1.807, 2.05) is 58.9 Å². The second-order valence-corrected chi connectivity index (χ2v) is 3.37. The SMILES string of the molecule is CC.CC.Cc1cc2cccc(Br)c2o1. The van der Waals surface area contributed by atoms with Crippen molar-refractivity contribution < 1.29 is 4.42 Å². The van der Waals surface area contributed by atoms with E-state index in [1.165, 1.54) is 0 Å². The van der Waals surface area contributed by atoms with Gasteiger partial charge in [-0.1, -0.05) is 39.8 Å². The minimum Gasteiger partial charge on any atom is -0.460 e. The highest BCUT2D eigenvalue weighted by molar-refractivity contribution is 9.10. The van der Waals surface area contributed by atoms with E-state index in [9.17, 15) is 0 Å². The van der Waals surface area contributed by atoms with Gasteiger partial charge in [0.05, 0.1) is 4.47 Å². The van der Waals surface area contributed by atoms with Crippen LogP contribution in [0.5, 0.6) is 0 Å². The molecule has 1 aromatic heterocycles. The summed E-state index contributed by atoms with van der Waals surface area (Å²) in [5.41, 5.74) is 0.935. The van der Waals surface area contributed by atoms with Crippen LogP contribution < -0.4 is 0 Å². The van der Waals surface area contributed by atoms with Crippen LogP contribution in [-0.2, 0) is 0 Å². The number of hydrogen-bond acceptors (Lipinski definition) is 1. The highest BCUT2D eigenvalue weighted by Gasteiger charge is 2.01. The molecule has 1 heterocycles. The van der Waals surface area contributed by atoms with E-state index >= 15 is 0 Å². The molecule has 1 aromatic carbocycles. The first-order chi connectivity index (χ1) is 7.27. The van der Waals surface area contributed by atoms with Crippen LogP contribution >= 0.6 is 15.9 Å². The van der Waals surface area contributed by atoms with Gasteiger partial charge in [-0.25, -0.2) is 0 Å². The molecule has 0 aliphatic rings. The Kier molecular flexibility index (Phi) is 7.14. The molecule has 84 valence electrons. The topological polar surface area (TPSA) is 13.1 Å². The zero-order chi connectivity index (χ0) is 11.8. The number of aryl methyl sites for hydroxylation is 1. The molecule has 15 heavy (non-hydrogen) atoms. The Bertz CT molecular complexity index is 390. The van der Waals surface area contributed by atoms with Crippen molar-refractivity contribution in [3.05, 3.63) is 34.5 Å². The van der Waals surface area contributed by atoms with Crippen molar-refractivity contribution in [3.8, 4) is 0 Å². The molecule has 0 spiro atoms. The predicted molar refractivity (Wildman–Crippen MR) is 71.3 cm³/mol. The third-order valence-electron chi connectivity index (χ3n) is 1.62. The summed E-state index contributed by atoms with van der Waals surface area (Å²) in [6.45, 7) is 9.95. The van der Waals surface area contributed by atoms with Gasteiger partial charge < -0.3 is 4.42 Å². The number of para-hydroxylation sites is 1. The number of benzene rings is 1. The Balaban J connectivity index is 0.000000442. The molecule has 2 rings (SSSR count). The van der Waals surface area contributed by atoms with Crippen molar-refractivity contribution in [1.29, 1.82) is 0 Å². The van der Waals surface area contributed by atoms with Gasteiger partial charge in [0.15, 0.2) is 0 Å². The van der Waals surface area contributed by atoms with E-state index in [0.29, 0.717) is 0 Å². The monoisotopic (exact) mass is 270 g/mol. The van der Waals surface area contributed by atoms with E-state index in [-0.39, 0.29) is 0 Å². The van der Waals surface area contributed by atoms with Gasteiger partial charge in [0.2, 0.25) is 0 Å². The smallest absolute Gasteiger partial charge is 0.148 e. The van der Waals surface area contributed by atoms with E-state index < -0.39 is 0 Å². The number of rotatable bonds is 0. The van der Waals surface area contributed by atoms with Crippen LogP contribution in [0.15, 0.2) is 33.2 Å². The van der Waals surface area contributed by atoms with Crippen LogP contribution in [0.2, 0.25) is 0 Å². The summed E-state index contributed by atoms with van der Waals surface area (Å²) in [4.78, 5) is 0. The molecule has 0 bridgehead atoms. The van der Waals surface area contributed by atoms with Crippen LogP contribution in [0.3, 0.4) is 0 Å². The molecule has 2 aromatic rings. The Hall–Kier alpha value is -0.760. The van der Waals surface area contributed by atoms with Crippen LogP contribution in [0.4, 0.5) is 0 Å². The summed E-state index contributed by atoms with van der Waals surface area (Å²) in [6, 6.07) is 8.04. The highest BCUT2D eigenvalue weighted by Crippen LogP contribution is 2.26. The van der Waals surface area contributed by atoms with Crippen molar-refractivity contribution in [1.82, 2.24) is 0 Å². The van der Waals surface area contributed by atoms with Crippen molar-refractivity contribution in [2.75, 3.05) is 0 Å². The Morgan fingerprint density at radius 2 is 1.67 bits per heavy atom. The van der Waals surface area contributed by atoms with Crippen molar-refractivity contribution in [2.24, 2.45) is 0 Å². The lowest BCUT2D eigenvalue weighted by Gasteiger charge is -1.89. The van der Waals surface area contributed by atoms with E-state index in [0.717, 1.165) is 21.2 Å². The number of hydrogen-bond donors (Lipinski definition) is 0. The molecule has 0 amide bonds. The maximum Gasteiger partial charge on any atom is 0.148 e. The Morgan fingerprint density at radius 3 is 2.20 bits per heavy atom. The van der Waals surface area contributed by atoms with Crippen LogP contribution in [-0.4, -0.2) is 0 Å². The molecule has 0 unspecified atom stereocenters. The third-order valence-corrected chi connectivity index (χ3v) is 2.24. The minimum absolute atomic E-state index is 0.935. The molecule has 0 aliphatic heterocycles. The van der Waals surface area contributed by atoms with Crippen molar-refractivity contribution in [3.63, 3.8) is 0 Å². The van der Waals surface area contributed by atoms with Crippen LogP contribution in [0.1, 0.15) is 33.5 Å². The van der Waals surface area contributed by atoms with Crippen molar-refractivity contribution >= 4 is 26.9 Å². The average molecular weight is 271 g/mol. The fourth-order valence-corrected chi connectivity index (χ4v) is 1.62. The summed E-state index contributed by atoms with van der Waals surface area (Å²) in [5.74, 6) is 0.951. The predicted octanol–water partition coefficient (Wildman–Crippen LogP) is 5.56. The molecule has 0 fully saturated rings. The van der Waals surface area contributed by atoms with Crippen LogP contribution in [0, 0.1) is 6.92 Å². The second kappa shape index (κ2) is 7.52. The van der Waals surface area contributed by atoms with E-state index in [2.05, 4.69) is 15.9 Å². The normalized spacial score (nSPS) is 8.67. The summed E-state index contributed by atoms with van der Waals surface area (Å²) in [7, 11) is 0. The summed E-state index contributed by atoms with van der Waals surface area (Å²) >= 11 is 3.42. The minimum atomic E-state index is 0.935. The number of halogens is 1. The van der Waals surface area contributed by atoms with Gasteiger partial charge in [-0.2, -0.15) is 0 Å². The first kappa shape index (κ1) is 14.2. The molecular weight excluding hydrogens is 252 g/mol. The van der Waals surface area contributed by atoms with Gasteiger partial charge in [-0.15, -0.1) is 0 Å². The number of furan rings is 1. The molecular formula is C13H19BrO. The zero-order valence-electron chi connectivity index (χ0n) is 10.1. The van der Waals surface area contributed by atoms with Gasteiger partial charge in [0.25, 0.3) is 0 Å². The molecule has 0 saturated carbocycles. The average Bonchev–Trinajstić information content (AvgIpc) is 2.66. The van der Waals surface area contributed by atoms with Gasteiger partial charge in [-0.05, 0) is 35.0 Å². The molecule has 2 heteroatoms. The maximum atomic E-state index is 5.45. The quantitative estimate of drug-likeness (QED) is 0.611. The lowest BCUT2D eigenvalue weighted by molar-refractivity contribution is 0.577. The molecule has 0 atom stereocenters. The summed E-state index contributed by atoms with van der Waals surface area (Å²) in [5, 5.41) is 1.15. The van der Waals surface area contributed by atoms with Gasteiger partial charge in [0.1, 0.15) is 11.3 Å². The lowest BCUT2D eigenvalue weighted by Crippen LogP contribution is -1.63. The standard InChI is InChI=1S/C9H7BrO.2C2H6/c1-6-5-7-3-2-4-8(10)9(7)11-6;2*1-2/h2-5H,1H3;2*1-2H3. The maximum absolute atomic E-state index is 5.45. The van der Waals surface area contributed by atoms with Crippen molar-refractivity contribution in [2.45, 2.75) is 34.6 Å².